The smallest absolute Gasteiger partial charge is 0.308 e. The molecule has 0 aliphatic heterocycles. The summed E-state index contributed by atoms with van der Waals surface area (Å²) in [6.45, 7) is 3.42. The number of carbonyl (C=O) groups is 2. The number of nitro benzene ring substituents is 1. The summed E-state index contributed by atoms with van der Waals surface area (Å²) in [6, 6.07) is 12.4. The highest BCUT2D eigenvalue weighted by atomic mass is 35.5. The monoisotopic (exact) mass is 435 g/mol. The van der Waals surface area contributed by atoms with Gasteiger partial charge in [0.1, 0.15) is 0 Å². The molecule has 0 aromatic heterocycles. The summed E-state index contributed by atoms with van der Waals surface area (Å²) in [7, 11) is 0. The third kappa shape index (κ3) is 7.36. The maximum atomic E-state index is 12.5. The Balaban J connectivity index is 0.00000450. The van der Waals surface area contributed by atoms with Crippen LogP contribution in [0.1, 0.15) is 43.9 Å². The number of carbonyl (C=O) groups excluding carboxylic acids is 2. The zero-order valence-corrected chi connectivity index (χ0v) is 17.7. The molecule has 1 amide bonds. The molecule has 2 rings (SSSR count). The maximum Gasteiger partial charge on any atom is 0.308 e. The van der Waals surface area contributed by atoms with E-state index in [1.165, 1.54) is 18.2 Å². The number of anilines is 1. The number of hydrogen-bond acceptors (Lipinski definition) is 6. The average Bonchev–Trinajstić information content (AvgIpc) is 2.66. The second kappa shape index (κ2) is 11.8. The number of halogens is 1. The fourth-order valence-corrected chi connectivity index (χ4v) is 2.94. The van der Waals surface area contributed by atoms with E-state index < -0.39 is 16.9 Å². The van der Waals surface area contributed by atoms with Crippen LogP contribution in [0.5, 0.6) is 0 Å². The van der Waals surface area contributed by atoms with Gasteiger partial charge in [0.2, 0.25) is 5.91 Å². The molecule has 8 nitrogen and oxygen atoms in total. The van der Waals surface area contributed by atoms with E-state index >= 15 is 0 Å². The Morgan fingerprint density at radius 2 is 1.77 bits per heavy atom. The Kier molecular flexibility index (Phi) is 9.77. The van der Waals surface area contributed by atoms with Crippen LogP contribution in [0.25, 0.3) is 0 Å². The van der Waals surface area contributed by atoms with Crippen LogP contribution in [0, 0.1) is 10.1 Å². The highest BCUT2D eigenvalue weighted by Gasteiger charge is 2.26. The van der Waals surface area contributed by atoms with Gasteiger partial charge in [-0.1, -0.05) is 36.4 Å². The van der Waals surface area contributed by atoms with Gasteiger partial charge in [0.15, 0.2) is 0 Å². The number of amides is 1. The molecule has 0 fully saturated rings. The first-order valence-corrected chi connectivity index (χ1v) is 9.33. The van der Waals surface area contributed by atoms with Crippen LogP contribution in [0.2, 0.25) is 0 Å². The van der Waals surface area contributed by atoms with Gasteiger partial charge >= 0.3 is 5.97 Å². The lowest BCUT2D eigenvalue weighted by Crippen LogP contribution is -2.31. The molecule has 30 heavy (non-hydrogen) atoms. The van der Waals surface area contributed by atoms with E-state index in [4.69, 9.17) is 10.5 Å². The number of nitrogens with zero attached hydrogens (tertiary/aromatic N) is 1. The Morgan fingerprint density at radius 1 is 1.13 bits per heavy atom. The van der Waals surface area contributed by atoms with Crippen molar-refractivity contribution in [2.75, 3.05) is 5.73 Å². The van der Waals surface area contributed by atoms with Crippen LogP contribution in [0.15, 0.2) is 48.5 Å². The third-order valence-electron chi connectivity index (χ3n) is 4.26. The molecule has 0 aliphatic rings. The summed E-state index contributed by atoms with van der Waals surface area (Å²) in [5, 5.41) is 14.1. The highest BCUT2D eigenvalue weighted by molar-refractivity contribution is 5.85. The molecular formula is C21H26ClN3O5. The van der Waals surface area contributed by atoms with Gasteiger partial charge in [-0.3, -0.25) is 19.7 Å². The molecule has 0 heterocycles. The molecule has 0 radical (unpaired) electrons. The van der Waals surface area contributed by atoms with E-state index in [1.54, 1.807) is 26.0 Å². The predicted molar refractivity (Wildman–Crippen MR) is 116 cm³/mol. The Labute approximate surface area is 181 Å². The zero-order valence-electron chi connectivity index (χ0n) is 16.9. The van der Waals surface area contributed by atoms with Crippen molar-refractivity contribution in [2.24, 2.45) is 0 Å². The van der Waals surface area contributed by atoms with Crippen molar-refractivity contribution >= 4 is 35.7 Å². The number of rotatable bonds is 9. The summed E-state index contributed by atoms with van der Waals surface area (Å²) >= 11 is 0. The van der Waals surface area contributed by atoms with Gasteiger partial charge in [-0.25, -0.2) is 0 Å². The molecule has 2 aromatic rings. The molecule has 1 atom stereocenters. The maximum absolute atomic E-state index is 12.5. The summed E-state index contributed by atoms with van der Waals surface area (Å²) in [5.74, 6) is -0.885. The second-order valence-corrected chi connectivity index (χ2v) is 6.88. The van der Waals surface area contributed by atoms with Crippen LogP contribution in [-0.4, -0.2) is 22.9 Å². The minimum atomic E-state index is -0.872. The van der Waals surface area contributed by atoms with E-state index in [2.05, 4.69) is 5.32 Å². The first-order valence-electron chi connectivity index (χ1n) is 9.33. The molecule has 0 saturated carbocycles. The lowest BCUT2D eigenvalue weighted by Gasteiger charge is -2.19. The van der Waals surface area contributed by atoms with Gasteiger partial charge in [-0.2, -0.15) is 0 Å². The van der Waals surface area contributed by atoms with Crippen molar-refractivity contribution in [3.63, 3.8) is 0 Å². The van der Waals surface area contributed by atoms with Crippen molar-refractivity contribution in [3.8, 4) is 0 Å². The molecule has 0 bridgehead atoms. The molecule has 2 aromatic carbocycles. The summed E-state index contributed by atoms with van der Waals surface area (Å²) in [6.07, 6.45) is 0.0106. The lowest BCUT2D eigenvalue weighted by atomic mass is 10.0. The van der Waals surface area contributed by atoms with Crippen molar-refractivity contribution in [2.45, 2.75) is 45.3 Å². The number of hydrogen-bond donors (Lipinski definition) is 2. The van der Waals surface area contributed by atoms with Crippen molar-refractivity contribution in [1.82, 2.24) is 5.32 Å². The number of aryl methyl sites for hydroxylation is 1. The van der Waals surface area contributed by atoms with E-state index in [0.29, 0.717) is 12.1 Å². The highest BCUT2D eigenvalue weighted by Crippen LogP contribution is 2.28. The van der Waals surface area contributed by atoms with E-state index in [9.17, 15) is 19.7 Å². The third-order valence-corrected chi connectivity index (χ3v) is 4.26. The number of para-hydroxylation sites is 2. The number of nitrogens with one attached hydrogen (secondary N) is 1. The largest absolute Gasteiger partial charge is 0.463 e. The minimum Gasteiger partial charge on any atom is -0.463 e. The molecule has 0 spiro atoms. The number of nitrogens with two attached hydrogens (primary N) is 1. The number of nitrogen functional groups attached to an aromatic ring is 1. The summed E-state index contributed by atoms with van der Waals surface area (Å²) in [4.78, 5) is 35.5. The van der Waals surface area contributed by atoms with E-state index in [-0.39, 0.29) is 48.5 Å². The fraction of sp³-hybridized carbons (Fsp3) is 0.333. The van der Waals surface area contributed by atoms with Gasteiger partial charge in [0, 0.05) is 18.2 Å². The fourth-order valence-electron chi connectivity index (χ4n) is 2.94. The standard InChI is InChI=1S/C21H25N3O5.ClH/c1-14(2)29-21(26)13-18(16-8-4-6-10-19(16)24(27)28)23-20(25)12-11-15-7-3-5-9-17(15)22;/h3-10,14,18H,11-13,22H2,1-2H3,(H,23,25);1H. The van der Waals surface area contributed by atoms with E-state index in [1.807, 2.05) is 18.2 Å². The topological polar surface area (TPSA) is 125 Å². The van der Waals surface area contributed by atoms with Gasteiger partial charge < -0.3 is 15.8 Å². The zero-order chi connectivity index (χ0) is 21.4. The quantitative estimate of drug-likeness (QED) is 0.267. The van der Waals surface area contributed by atoms with Gasteiger partial charge in [-0.05, 0) is 31.9 Å². The first kappa shape index (κ1) is 24.9. The molecule has 162 valence electrons. The van der Waals surface area contributed by atoms with Crippen LogP contribution in [-0.2, 0) is 20.7 Å². The molecule has 3 N–H and O–H groups in total. The molecule has 0 aliphatic carbocycles. The molecular weight excluding hydrogens is 410 g/mol. The average molecular weight is 436 g/mol. The minimum absolute atomic E-state index is 0. The number of esters is 1. The van der Waals surface area contributed by atoms with Crippen LogP contribution >= 0.6 is 12.4 Å². The number of nitro groups is 1. The SMILES string of the molecule is CC(C)OC(=O)CC(NC(=O)CCc1ccccc1N)c1ccccc1[N+](=O)[O-].Cl. The van der Waals surface area contributed by atoms with Gasteiger partial charge in [0.25, 0.3) is 5.69 Å². The predicted octanol–water partition coefficient (Wildman–Crippen LogP) is 3.73. The summed E-state index contributed by atoms with van der Waals surface area (Å²) in [5.41, 5.74) is 7.42. The van der Waals surface area contributed by atoms with Gasteiger partial charge in [0.05, 0.1) is 29.1 Å². The van der Waals surface area contributed by atoms with E-state index in [0.717, 1.165) is 5.56 Å². The normalized spacial score (nSPS) is 11.3. The Bertz CT molecular complexity index is 888. The first-order chi connectivity index (χ1) is 13.8. The number of benzene rings is 2. The molecule has 9 heteroatoms. The Hall–Kier alpha value is -3.13. The van der Waals surface area contributed by atoms with Crippen LogP contribution in [0.4, 0.5) is 11.4 Å². The van der Waals surface area contributed by atoms with Gasteiger partial charge in [-0.15, -0.1) is 12.4 Å². The Morgan fingerprint density at radius 3 is 2.40 bits per heavy atom. The van der Waals surface area contributed by atoms with Crippen LogP contribution < -0.4 is 11.1 Å². The number of ether oxygens (including phenoxy) is 1. The van der Waals surface area contributed by atoms with Crippen LogP contribution in [0.3, 0.4) is 0 Å². The molecule has 1 unspecified atom stereocenters. The van der Waals surface area contributed by atoms with Crippen molar-refractivity contribution in [3.05, 3.63) is 69.8 Å². The summed E-state index contributed by atoms with van der Waals surface area (Å²) < 4.78 is 5.15. The molecule has 0 saturated heterocycles. The van der Waals surface area contributed by atoms with Crippen molar-refractivity contribution in [1.29, 1.82) is 0 Å². The second-order valence-electron chi connectivity index (χ2n) is 6.88. The van der Waals surface area contributed by atoms with Crippen molar-refractivity contribution < 1.29 is 19.2 Å². The lowest BCUT2D eigenvalue weighted by molar-refractivity contribution is -0.385.